The van der Waals surface area contributed by atoms with E-state index in [1.54, 1.807) is 0 Å². The van der Waals surface area contributed by atoms with Crippen molar-refractivity contribution in [3.63, 3.8) is 0 Å². The summed E-state index contributed by atoms with van der Waals surface area (Å²) in [6.07, 6.45) is 3.33. The van der Waals surface area contributed by atoms with E-state index in [0.717, 1.165) is 11.4 Å². The second-order valence-corrected chi connectivity index (χ2v) is 7.78. The number of benzene rings is 1. The van der Waals surface area contributed by atoms with Crippen LogP contribution in [0.5, 0.6) is 0 Å². The van der Waals surface area contributed by atoms with Crippen molar-refractivity contribution in [3.05, 3.63) is 24.3 Å². The minimum absolute atomic E-state index is 0.341. The highest BCUT2D eigenvalue weighted by Crippen LogP contribution is 2.39. The molecule has 1 unspecified atom stereocenters. The summed E-state index contributed by atoms with van der Waals surface area (Å²) < 4.78 is 5.24. The summed E-state index contributed by atoms with van der Waals surface area (Å²) in [6.45, 7) is 10.2. The minimum Gasteiger partial charge on any atom is -0.444 e. The first kappa shape index (κ1) is 16.7. The lowest BCUT2D eigenvalue weighted by atomic mass is 9.87. The van der Waals surface area contributed by atoms with Gasteiger partial charge in [-0.25, -0.2) is 4.79 Å². The van der Waals surface area contributed by atoms with Crippen molar-refractivity contribution >= 4 is 17.5 Å². The molecule has 0 aliphatic heterocycles. The topological polar surface area (TPSA) is 50.4 Å². The Hall–Kier alpha value is -1.71. The zero-order chi connectivity index (χ0) is 16.4. The number of ether oxygens (including phenoxy) is 1. The van der Waals surface area contributed by atoms with Crippen LogP contribution in [0.1, 0.15) is 53.9 Å². The Balaban J connectivity index is 1.92. The van der Waals surface area contributed by atoms with Gasteiger partial charge in [0.25, 0.3) is 0 Å². The molecule has 0 heterocycles. The van der Waals surface area contributed by atoms with E-state index in [1.807, 2.05) is 45.0 Å². The van der Waals surface area contributed by atoms with Gasteiger partial charge in [-0.2, -0.15) is 0 Å². The molecule has 2 rings (SSSR count). The molecule has 2 N–H and O–H groups in total. The number of hydrogen-bond donors (Lipinski definition) is 2. The predicted molar refractivity (Wildman–Crippen MR) is 91.3 cm³/mol. The van der Waals surface area contributed by atoms with Crippen molar-refractivity contribution in [2.45, 2.75) is 65.5 Å². The Morgan fingerprint density at radius 2 is 1.77 bits per heavy atom. The second kappa shape index (κ2) is 6.19. The molecule has 0 saturated heterocycles. The van der Waals surface area contributed by atoms with Gasteiger partial charge in [0.1, 0.15) is 5.60 Å². The maximum absolute atomic E-state index is 11.7. The number of carbonyl (C=O) groups is 1. The summed E-state index contributed by atoms with van der Waals surface area (Å²) in [5.41, 5.74) is 1.69. The molecule has 122 valence electrons. The van der Waals surface area contributed by atoms with E-state index >= 15 is 0 Å². The van der Waals surface area contributed by atoms with E-state index in [-0.39, 0.29) is 0 Å². The minimum atomic E-state index is -0.486. The van der Waals surface area contributed by atoms with Crippen LogP contribution in [0.3, 0.4) is 0 Å². The predicted octanol–water partition coefficient (Wildman–Crippen LogP) is 5.02. The van der Waals surface area contributed by atoms with Gasteiger partial charge in [-0.3, -0.25) is 5.32 Å². The molecule has 0 spiro atoms. The van der Waals surface area contributed by atoms with Gasteiger partial charge in [0, 0.05) is 17.4 Å². The number of amides is 1. The zero-order valence-electron chi connectivity index (χ0n) is 14.3. The van der Waals surface area contributed by atoms with Crippen LogP contribution in [0, 0.1) is 5.41 Å². The second-order valence-electron chi connectivity index (χ2n) is 7.78. The SMILES string of the molecule is CC(C)(C)OC(=O)Nc1ccc(NC2CCCC2(C)C)cc1. The fourth-order valence-electron chi connectivity index (χ4n) is 2.87. The van der Waals surface area contributed by atoms with Crippen molar-refractivity contribution < 1.29 is 9.53 Å². The van der Waals surface area contributed by atoms with Crippen molar-refractivity contribution in [1.29, 1.82) is 0 Å². The molecule has 0 radical (unpaired) electrons. The van der Waals surface area contributed by atoms with E-state index < -0.39 is 11.7 Å². The molecule has 0 aromatic heterocycles. The van der Waals surface area contributed by atoms with Gasteiger partial charge in [-0.1, -0.05) is 20.3 Å². The number of hydrogen-bond acceptors (Lipinski definition) is 3. The Morgan fingerprint density at radius 3 is 2.27 bits per heavy atom. The van der Waals surface area contributed by atoms with Crippen LogP contribution in [0.25, 0.3) is 0 Å². The van der Waals surface area contributed by atoms with Crippen LogP contribution in [0.15, 0.2) is 24.3 Å². The third kappa shape index (κ3) is 4.65. The highest BCUT2D eigenvalue weighted by molar-refractivity contribution is 5.85. The van der Waals surface area contributed by atoms with Crippen LogP contribution in [0.4, 0.5) is 16.2 Å². The first-order valence-corrected chi connectivity index (χ1v) is 8.02. The highest BCUT2D eigenvalue weighted by Gasteiger charge is 2.34. The molecule has 1 aliphatic carbocycles. The molecule has 1 saturated carbocycles. The van der Waals surface area contributed by atoms with Crippen molar-refractivity contribution in [3.8, 4) is 0 Å². The van der Waals surface area contributed by atoms with E-state index in [0.29, 0.717) is 11.5 Å². The monoisotopic (exact) mass is 304 g/mol. The normalized spacial score (nSPS) is 20.5. The lowest BCUT2D eigenvalue weighted by Crippen LogP contribution is -2.30. The van der Waals surface area contributed by atoms with E-state index in [4.69, 9.17) is 4.74 Å². The van der Waals surface area contributed by atoms with Crippen molar-refractivity contribution in [1.82, 2.24) is 0 Å². The van der Waals surface area contributed by atoms with Gasteiger partial charge in [-0.15, -0.1) is 0 Å². The number of rotatable bonds is 3. The Morgan fingerprint density at radius 1 is 1.18 bits per heavy atom. The number of carbonyl (C=O) groups excluding carboxylic acids is 1. The molecule has 4 heteroatoms. The summed E-state index contributed by atoms with van der Waals surface area (Å²) in [5.74, 6) is 0. The van der Waals surface area contributed by atoms with Crippen LogP contribution >= 0.6 is 0 Å². The van der Waals surface area contributed by atoms with Crippen LogP contribution in [-0.2, 0) is 4.74 Å². The van der Waals surface area contributed by atoms with Gasteiger partial charge in [0.2, 0.25) is 0 Å². The molecule has 1 aromatic rings. The molecule has 0 bridgehead atoms. The van der Waals surface area contributed by atoms with E-state index in [2.05, 4.69) is 24.5 Å². The maximum Gasteiger partial charge on any atom is 0.412 e. The summed E-state index contributed by atoms with van der Waals surface area (Å²) in [5, 5.41) is 6.35. The van der Waals surface area contributed by atoms with E-state index in [1.165, 1.54) is 19.3 Å². The molecule has 1 aliphatic rings. The summed E-state index contributed by atoms with van der Waals surface area (Å²) in [6, 6.07) is 8.31. The third-order valence-electron chi connectivity index (χ3n) is 4.13. The maximum atomic E-state index is 11.7. The first-order valence-electron chi connectivity index (χ1n) is 8.02. The van der Waals surface area contributed by atoms with Gasteiger partial charge >= 0.3 is 6.09 Å². The molecule has 1 atom stereocenters. The Labute approximate surface area is 133 Å². The molecule has 1 amide bonds. The molecule has 1 aromatic carbocycles. The molecule has 1 fully saturated rings. The lowest BCUT2D eigenvalue weighted by molar-refractivity contribution is 0.0636. The number of anilines is 2. The Bertz CT molecular complexity index is 515. The summed E-state index contributed by atoms with van der Waals surface area (Å²) in [7, 11) is 0. The highest BCUT2D eigenvalue weighted by atomic mass is 16.6. The van der Waals surface area contributed by atoms with E-state index in [9.17, 15) is 4.79 Å². The molecule has 4 nitrogen and oxygen atoms in total. The fraction of sp³-hybridized carbons (Fsp3) is 0.611. The van der Waals surface area contributed by atoms with Crippen LogP contribution < -0.4 is 10.6 Å². The average Bonchev–Trinajstić information content (AvgIpc) is 2.69. The number of nitrogens with one attached hydrogen (secondary N) is 2. The quantitative estimate of drug-likeness (QED) is 0.824. The van der Waals surface area contributed by atoms with Gasteiger partial charge in [0.05, 0.1) is 0 Å². The van der Waals surface area contributed by atoms with Crippen LogP contribution in [-0.4, -0.2) is 17.7 Å². The summed E-state index contributed by atoms with van der Waals surface area (Å²) >= 11 is 0. The molecular weight excluding hydrogens is 276 g/mol. The first-order chi connectivity index (χ1) is 10.2. The standard InChI is InChI=1S/C18H28N2O2/c1-17(2,3)22-16(21)20-14-10-8-13(9-11-14)19-15-7-6-12-18(15,4)5/h8-11,15,19H,6-7,12H2,1-5H3,(H,20,21). The van der Waals surface area contributed by atoms with Crippen molar-refractivity contribution in [2.24, 2.45) is 5.41 Å². The van der Waals surface area contributed by atoms with Gasteiger partial charge in [-0.05, 0) is 63.3 Å². The lowest BCUT2D eigenvalue weighted by Gasteiger charge is -2.28. The van der Waals surface area contributed by atoms with Crippen LogP contribution in [0.2, 0.25) is 0 Å². The molecular formula is C18H28N2O2. The largest absolute Gasteiger partial charge is 0.444 e. The third-order valence-corrected chi connectivity index (χ3v) is 4.13. The zero-order valence-corrected chi connectivity index (χ0v) is 14.3. The summed E-state index contributed by atoms with van der Waals surface area (Å²) in [4.78, 5) is 11.7. The Kier molecular flexibility index (Phi) is 4.69. The fourth-order valence-corrected chi connectivity index (χ4v) is 2.87. The van der Waals surface area contributed by atoms with Gasteiger partial charge < -0.3 is 10.1 Å². The average molecular weight is 304 g/mol. The molecule has 22 heavy (non-hydrogen) atoms. The van der Waals surface area contributed by atoms with Crippen molar-refractivity contribution in [2.75, 3.05) is 10.6 Å². The smallest absolute Gasteiger partial charge is 0.412 e. The van der Waals surface area contributed by atoms with Gasteiger partial charge in [0.15, 0.2) is 0 Å².